The van der Waals surface area contributed by atoms with E-state index in [0.29, 0.717) is 6.54 Å². The van der Waals surface area contributed by atoms with E-state index in [1.807, 2.05) is 12.1 Å². The first-order valence-electron chi connectivity index (χ1n) is 6.44. The van der Waals surface area contributed by atoms with Gasteiger partial charge in [0.15, 0.2) is 5.96 Å². The number of nitrogens with zero attached hydrogens (tertiary/aromatic N) is 1. The highest BCUT2D eigenvalue weighted by Crippen LogP contribution is 2.35. The van der Waals surface area contributed by atoms with Crippen molar-refractivity contribution >= 4 is 5.96 Å². The van der Waals surface area contributed by atoms with Crippen LogP contribution in [0.5, 0.6) is 5.75 Å². The molecule has 1 aliphatic heterocycles. The summed E-state index contributed by atoms with van der Waals surface area (Å²) in [4.78, 5) is 4.22. The molecule has 0 bridgehead atoms. The molecule has 1 aromatic rings. The van der Waals surface area contributed by atoms with Crippen LogP contribution in [0, 0.1) is 0 Å². The van der Waals surface area contributed by atoms with E-state index in [2.05, 4.69) is 17.1 Å². The second-order valence-corrected chi connectivity index (χ2v) is 4.86. The minimum Gasteiger partial charge on any atom is -0.497 e. The van der Waals surface area contributed by atoms with E-state index < -0.39 is 0 Å². The van der Waals surface area contributed by atoms with Crippen LogP contribution in [-0.4, -0.2) is 32.8 Å². The van der Waals surface area contributed by atoms with E-state index in [-0.39, 0.29) is 11.4 Å². The summed E-state index contributed by atoms with van der Waals surface area (Å²) in [6.07, 6.45) is 1.85. The Morgan fingerprint density at radius 2 is 1.89 bits per heavy atom. The first kappa shape index (κ1) is 13.7. The lowest BCUT2D eigenvalue weighted by molar-refractivity contribution is 0.0531. The minimum absolute atomic E-state index is 0.0332. The van der Waals surface area contributed by atoms with Gasteiger partial charge in [-0.2, -0.15) is 0 Å². The third-order valence-corrected chi connectivity index (χ3v) is 3.72. The minimum atomic E-state index is -0.0332. The number of guanidine groups is 1. The van der Waals surface area contributed by atoms with Crippen LogP contribution in [0.4, 0.5) is 0 Å². The Morgan fingerprint density at radius 1 is 1.26 bits per heavy atom. The van der Waals surface area contributed by atoms with E-state index in [1.165, 1.54) is 5.56 Å². The molecule has 1 aliphatic rings. The van der Waals surface area contributed by atoms with Gasteiger partial charge in [-0.25, -0.2) is 0 Å². The molecule has 0 aliphatic carbocycles. The lowest BCUT2D eigenvalue weighted by Gasteiger charge is -2.36. The molecule has 0 saturated carbocycles. The normalized spacial score (nSPS) is 17.7. The Bertz CT molecular complexity index is 433. The Kier molecular flexibility index (Phi) is 4.27. The summed E-state index contributed by atoms with van der Waals surface area (Å²) < 4.78 is 10.7. The van der Waals surface area contributed by atoms with Crippen LogP contribution < -0.4 is 16.2 Å². The summed E-state index contributed by atoms with van der Waals surface area (Å²) in [7, 11) is 1.67. The summed E-state index contributed by atoms with van der Waals surface area (Å²) in [6, 6.07) is 8.13. The van der Waals surface area contributed by atoms with Gasteiger partial charge in [0.2, 0.25) is 0 Å². The zero-order valence-corrected chi connectivity index (χ0v) is 11.3. The molecule has 0 atom stereocenters. The standard InChI is InChI=1S/C14H21N3O2/c1-18-12-4-2-11(3-5-12)14(10-17-13(15)16)6-8-19-9-7-14/h2-5H,6-10H2,1H3,(H4,15,16,17). The van der Waals surface area contributed by atoms with E-state index in [4.69, 9.17) is 20.9 Å². The first-order valence-corrected chi connectivity index (χ1v) is 6.44. The van der Waals surface area contributed by atoms with Crippen LogP contribution in [0.2, 0.25) is 0 Å². The summed E-state index contributed by atoms with van der Waals surface area (Å²) in [6.45, 7) is 2.09. The molecular weight excluding hydrogens is 242 g/mol. The fourth-order valence-electron chi connectivity index (χ4n) is 2.49. The van der Waals surface area contributed by atoms with E-state index in [9.17, 15) is 0 Å². The Balaban J connectivity index is 2.27. The predicted octanol–water partition coefficient (Wildman–Crippen LogP) is 1.02. The van der Waals surface area contributed by atoms with E-state index in [1.54, 1.807) is 7.11 Å². The highest BCUT2D eigenvalue weighted by Gasteiger charge is 2.34. The Labute approximate surface area is 113 Å². The van der Waals surface area contributed by atoms with Crippen molar-refractivity contribution in [2.75, 3.05) is 26.9 Å². The molecule has 19 heavy (non-hydrogen) atoms. The molecule has 1 fully saturated rings. The van der Waals surface area contributed by atoms with Crippen LogP contribution in [0.25, 0.3) is 0 Å². The zero-order chi connectivity index (χ0) is 13.7. The molecule has 1 saturated heterocycles. The van der Waals surface area contributed by atoms with Gasteiger partial charge in [-0.3, -0.25) is 4.99 Å². The number of benzene rings is 1. The fourth-order valence-corrected chi connectivity index (χ4v) is 2.49. The Hall–Kier alpha value is -1.75. The summed E-state index contributed by atoms with van der Waals surface area (Å²) in [5, 5.41) is 0. The summed E-state index contributed by atoms with van der Waals surface area (Å²) in [5.41, 5.74) is 12.1. The maximum Gasteiger partial charge on any atom is 0.185 e. The van der Waals surface area contributed by atoms with Gasteiger partial charge in [-0.1, -0.05) is 12.1 Å². The third kappa shape index (κ3) is 3.17. The topological polar surface area (TPSA) is 82.9 Å². The second-order valence-electron chi connectivity index (χ2n) is 4.86. The van der Waals surface area contributed by atoms with Gasteiger partial charge in [-0.05, 0) is 30.5 Å². The monoisotopic (exact) mass is 263 g/mol. The van der Waals surface area contributed by atoms with Crippen molar-refractivity contribution in [3.05, 3.63) is 29.8 Å². The molecular formula is C14H21N3O2. The number of hydrogen-bond donors (Lipinski definition) is 2. The number of ether oxygens (including phenoxy) is 2. The largest absolute Gasteiger partial charge is 0.497 e. The summed E-state index contributed by atoms with van der Waals surface area (Å²) >= 11 is 0. The molecule has 1 aromatic carbocycles. The molecule has 1 heterocycles. The van der Waals surface area contributed by atoms with Crippen LogP contribution >= 0.6 is 0 Å². The van der Waals surface area contributed by atoms with Crippen molar-refractivity contribution in [2.45, 2.75) is 18.3 Å². The average Bonchev–Trinajstić information content (AvgIpc) is 2.46. The second kappa shape index (κ2) is 5.93. The molecule has 0 unspecified atom stereocenters. The molecule has 4 N–H and O–H groups in total. The van der Waals surface area contributed by atoms with Crippen LogP contribution in [0.3, 0.4) is 0 Å². The maximum atomic E-state index is 5.47. The lowest BCUT2D eigenvalue weighted by Crippen LogP contribution is -2.38. The van der Waals surface area contributed by atoms with Crippen molar-refractivity contribution in [3.63, 3.8) is 0 Å². The molecule has 0 amide bonds. The van der Waals surface area contributed by atoms with Gasteiger partial charge in [0.1, 0.15) is 5.75 Å². The SMILES string of the molecule is COc1ccc(C2(CN=C(N)N)CCOCC2)cc1. The van der Waals surface area contributed by atoms with Crippen molar-refractivity contribution in [1.82, 2.24) is 0 Å². The quantitative estimate of drug-likeness (QED) is 0.627. The molecule has 2 rings (SSSR count). The first-order chi connectivity index (χ1) is 9.16. The van der Waals surface area contributed by atoms with Gasteiger partial charge in [0, 0.05) is 18.6 Å². The van der Waals surface area contributed by atoms with Gasteiger partial charge in [0.25, 0.3) is 0 Å². The lowest BCUT2D eigenvalue weighted by atomic mass is 9.74. The van der Waals surface area contributed by atoms with Gasteiger partial charge in [-0.15, -0.1) is 0 Å². The molecule has 0 aromatic heterocycles. The maximum absolute atomic E-state index is 5.47. The van der Waals surface area contributed by atoms with Crippen LogP contribution in [0.15, 0.2) is 29.3 Å². The average molecular weight is 263 g/mol. The van der Waals surface area contributed by atoms with Crippen molar-refractivity contribution in [3.8, 4) is 5.75 Å². The molecule has 0 radical (unpaired) electrons. The smallest absolute Gasteiger partial charge is 0.185 e. The number of methoxy groups -OCH3 is 1. The van der Waals surface area contributed by atoms with Crippen molar-refractivity contribution in [1.29, 1.82) is 0 Å². The fraction of sp³-hybridized carbons (Fsp3) is 0.500. The number of rotatable bonds is 4. The predicted molar refractivity (Wildman–Crippen MR) is 75.4 cm³/mol. The zero-order valence-electron chi connectivity index (χ0n) is 11.3. The van der Waals surface area contributed by atoms with Crippen LogP contribution in [-0.2, 0) is 10.2 Å². The van der Waals surface area contributed by atoms with E-state index >= 15 is 0 Å². The number of aliphatic imine (C=N–C) groups is 1. The highest BCUT2D eigenvalue weighted by atomic mass is 16.5. The Morgan fingerprint density at radius 3 is 2.42 bits per heavy atom. The van der Waals surface area contributed by atoms with Crippen LogP contribution in [0.1, 0.15) is 18.4 Å². The van der Waals surface area contributed by atoms with Gasteiger partial charge in [0.05, 0.1) is 13.7 Å². The number of hydrogen-bond acceptors (Lipinski definition) is 3. The molecule has 5 heteroatoms. The van der Waals surface area contributed by atoms with Gasteiger partial charge < -0.3 is 20.9 Å². The third-order valence-electron chi connectivity index (χ3n) is 3.72. The molecule has 104 valence electrons. The molecule has 5 nitrogen and oxygen atoms in total. The van der Waals surface area contributed by atoms with E-state index in [0.717, 1.165) is 31.8 Å². The number of nitrogens with two attached hydrogens (primary N) is 2. The summed E-state index contributed by atoms with van der Waals surface area (Å²) in [5.74, 6) is 0.993. The van der Waals surface area contributed by atoms with Crippen molar-refractivity contribution < 1.29 is 9.47 Å². The highest BCUT2D eigenvalue weighted by molar-refractivity contribution is 5.75. The van der Waals surface area contributed by atoms with Crippen molar-refractivity contribution in [2.24, 2.45) is 16.5 Å². The molecule has 0 spiro atoms. The van der Waals surface area contributed by atoms with Gasteiger partial charge >= 0.3 is 0 Å².